The highest BCUT2D eigenvalue weighted by Crippen LogP contribution is 2.24. The number of fused-ring (bicyclic) bond motifs is 1. The molecule has 0 saturated heterocycles. The van der Waals surface area contributed by atoms with Gasteiger partial charge in [-0.3, -0.25) is 0 Å². The summed E-state index contributed by atoms with van der Waals surface area (Å²) in [5, 5.41) is 10.7. The molecule has 0 fully saturated rings. The lowest BCUT2D eigenvalue weighted by Gasteiger charge is -2.07. The summed E-state index contributed by atoms with van der Waals surface area (Å²) in [6.45, 7) is 3.76. The molecular formula is C13H18N2O. The first-order valence-corrected chi connectivity index (χ1v) is 5.77. The molecule has 16 heavy (non-hydrogen) atoms. The highest BCUT2D eigenvalue weighted by Gasteiger charge is 2.07. The normalized spacial score (nSPS) is 11.1. The molecule has 86 valence electrons. The summed E-state index contributed by atoms with van der Waals surface area (Å²) in [4.78, 5) is 0. The number of rotatable bonds is 4. The van der Waals surface area contributed by atoms with Crippen molar-refractivity contribution in [3.8, 4) is 5.75 Å². The predicted octanol–water partition coefficient (Wildman–Crippen LogP) is 2.26. The Hall–Kier alpha value is -1.48. The summed E-state index contributed by atoms with van der Waals surface area (Å²) in [6, 6.07) is 7.70. The fraction of sp³-hybridized carbons (Fsp3) is 0.385. The molecular weight excluding hydrogens is 200 g/mol. The Bertz CT molecular complexity index is 488. The van der Waals surface area contributed by atoms with E-state index in [1.807, 2.05) is 12.1 Å². The van der Waals surface area contributed by atoms with Gasteiger partial charge in [-0.1, -0.05) is 0 Å². The lowest BCUT2D eigenvalue weighted by atomic mass is 10.2. The Labute approximate surface area is 95.5 Å². The minimum atomic E-state index is 0.325. The zero-order chi connectivity index (χ0) is 11.5. The maximum absolute atomic E-state index is 9.50. The van der Waals surface area contributed by atoms with Crippen molar-refractivity contribution < 1.29 is 5.11 Å². The van der Waals surface area contributed by atoms with E-state index >= 15 is 0 Å². The second kappa shape index (κ2) is 4.58. The summed E-state index contributed by atoms with van der Waals surface area (Å²) in [5.74, 6) is 0.325. The number of phenolic OH excluding ortho intramolecular Hbond substituents is 1. The van der Waals surface area contributed by atoms with Crippen LogP contribution in [0.3, 0.4) is 0 Å². The average Bonchev–Trinajstić information content (AvgIpc) is 2.63. The third-order valence-corrected chi connectivity index (χ3v) is 2.93. The van der Waals surface area contributed by atoms with Gasteiger partial charge in [-0.05, 0) is 44.5 Å². The lowest BCUT2D eigenvalue weighted by molar-refractivity contribution is 0.476. The standard InChI is InChI=1S/C13H18N2O/c1-2-15-11(4-3-7-14)8-10-5-6-12(16)9-13(10)15/h5-6,8-9,16H,2-4,7,14H2,1H3. The molecule has 0 atom stereocenters. The molecule has 3 nitrogen and oxygen atoms in total. The van der Waals surface area contributed by atoms with Crippen molar-refractivity contribution in [2.24, 2.45) is 5.73 Å². The van der Waals surface area contributed by atoms with Crippen molar-refractivity contribution in [1.82, 2.24) is 4.57 Å². The van der Waals surface area contributed by atoms with Crippen LogP contribution in [0.1, 0.15) is 19.0 Å². The number of phenols is 1. The van der Waals surface area contributed by atoms with E-state index in [4.69, 9.17) is 5.73 Å². The smallest absolute Gasteiger partial charge is 0.117 e. The topological polar surface area (TPSA) is 51.2 Å². The maximum Gasteiger partial charge on any atom is 0.117 e. The molecule has 3 heteroatoms. The van der Waals surface area contributed by atoms with Crippen molar-refractivity contribution in [3.05, 3.63) is 30.0 Å². The third-order valence-electron chi connectivity index (χ3n) is 2.93. The quantitative estimate of drug-likeness (QED) is 0.827. The Morgan fingerprint density at radius 2 is 2.12 bits per heavy atom. The molecule has 1 aromatic carbocycles. The Kier molecular flexibility index (Phi) is 3.15. The number of hydrogen-bond acceptors (Lipinski definition) is 2. The van der Waals surface area contributed by atoms with Crippen molar-refractivity contribution >= 4 is 10.9 Å². The SMILES string of the molecule is CCn1c(CCCN)cc2ccc(O)cc21. The van der Waals surface area contributed by atoms with E-state index in [0.29, 0.717) is 5.75 Å². The van der Waals surface area contributed by atoms with Gasteiger partial charge in [-0.25, -0.2) is 0 Å². The van der Waals surface area contributed by atoms with E-state index in [-0.39, 0.29) is 0 Å². The number of nitrogens with two attached hydrogens (primary N) is 1. The lowest BCUT2D eigenvalue weighted by Crippen LogP contribution is -2.05. The predicted molar refractivity (Wildman–Crippen MR) is 66.7 cm³/mol. The molecule has 2 rings (SSSR count). The van der Waals surface area contributed by atoms with Crippen LogP contribution in [0.2, 0.25) is 0 Å². The van der Waals surface area contributed by atoms with Crippen LogP contribution in [0.4, 0.5) is 0 Å². The first kappa shape index (κ1) is 11.0. The molecule has 0 radical (unpaired) electrons. The second-order valence-corrected chi connectivity index (χ2v) is 4.02. The largest absolute Gasteiger partial charge is 0.508 e. The molecule has 0 aliphatic rings. The first-order valence-electron chi connectivity index (χ1n) is 5.77. The summed E-state index contributed by atoms with van der Waals surface area (Å²) in [6.07, 6.45) is 2.00. The molecule has 0 aliphatic carbocycles. The number of aryl methyl sites for hydroxylation is 2. The average molecular weight is 218 g/mol. The van der Waals surface area contributed by atoms with Gasteiger partial charge in [0.25, 0.3) is 0 Å². The van der Waals surface area contributed by atoms with Crippen molar-refractivity contribution in [1.29, 1.82) is 0 Å². The van der Waals surface area contributed by atoms with E-state index in [1.165, 1.54) is 11.1 Å². The molecule has 3 N–H and O–H groups in total. The summed E-state index contributed by atoms with van der Waals surface area (Å²) in [5.41, 5.74) is 7.94. The molecule has 0 amide bonds. The molecule has 0 unspecified atom stereocenters. The molecule has 0 saturated carbocycles. The van der Waals surface area contributed by atoms with E-state index in [0.717, 1.165) is 31.4 Å². The number of aromatic nitrogens is 1. The van der Waals surface area contributed by atoms with Crippen LogP contribution >= 0.6 is 0 Å². The van der Waals surface area contributed by atoms with Crippen LogP contribution in [-0.4, -0.2) is 16.2 Å². The summed E-state index contributed by atoms with van der Waals surface area (Å²) < 4.78 is 2.24. The fourth-order valence-electron chi connectivity index (χ4n) is 2.16. The van der Waals surface area contributed by atoms with Crippen LogP contribution in [0, 0.1) is 0 Å². The number of hydrogen-bond donors (Lipinski definition) is 2. The number of benzene rings is 1. The van der Waals surface area contributed by atoms with Crippen LogP contribution in [0.15, 0.2) is 24.3 Å². The van der Waals surface area contributed by atoms with Gasteiger partial charge in [0, 0.05) is 23.7 Å². The minimum Gasteiger partial charge on any atom is -0.508 e. The van der Waals surface area contributed by atoms with Gasteiger partial charge in [0.05, 0.1) is 5.52 Å². The fourth-order valence-corrected chi connectivity index (χ4v) is 2.16. The Balaban J connectivity index is 2.49. The Morgan fingerprint density at radius 3 is 2.81 bits per heavy atom. The van der Waals surface area contributed by atoms with E-state index < -0.39 is 0 Å². The minimum absolute atomic E-state index is 0.325. The summed E-state index contributed by atoms with van der Waals surface area (Å²) in [7, 11) is 0. The second-order valence-electron chi connectivity index (χ2n) is 4.02. The van der Waals surface area contributed by atoms with E-state index in [1.54, 1.807) is 6.07 Å². The monoisotopic (exact) mass is 218 g/mol. The van der Waals surface area contributed by atoms with Crippen molar-refractivity contribution in [2.75, 3.05) is 6.54 Å². The van der Waals surface area contributed by atoms with Crippen molar-refractivity contribution in [3.63, 3.8) is 0 Å². The molecule has 0 spiro atoms. The highest BCUT2D eigenvalue weighted by atomic mass is 16.3. The van der Waals surface area contributed by atoms with Gasteiger partial charge < -0.3 is 15.4 Å². The zero-order valence-electron chi connectivity index (χ0n) is 9.61. The first-order chi connectivity index (χ1) is 7.76. The zero-order valence-corrected chi connectivity index (χ0v) is 9.61. The van der Waals surface area contributed by atoms with Crippen molar-refractivity contribution in [2.45, 2.75) is 26.3 Å². The molecule has 2 aromatic rings. The van der Waals surface area contributed by atoms with Gasteiger partial charge in [-0.15, -0.1) is 0 Å². The van der Waals surface area contributed by atoms with Crippen LogP contribution in [-0.2, 0) is 13.0 Å². The molecule has 1 aromatic heterocycles. The van der Waals surface area contributed by atoms with Crippen LogP contribution < -0.4 is 5.73 Å². The number of aromatic hydroxyl groups is 1. The maximum atomic E-state index is 9.50. The van der Waals surface area contributed by atoms with Gasteiger partial charge in [0.15, 0.2) is 0 Å². The van der Waals surface area contributed by atoms with Gasteiger partial charge in [0.2, 0.25) is 0 Å². The van der Waals surface area contributed by atoms with Crippen LogP contribution in [0.25, 0.3) is 10.9 Å². The van der Waals surface area contributed by atoms with E-state index in [2.05, 4.69) is 17.6 Å². The van der Waals surface area contributed by atoms with Gasteiger partial charge >= 0.3 is 0 Å². The van der Waals surface area contributed by atoms with E-state index in [9.17, 15) is 5.11 Å². The molecule has 1 heterocycles. The molecule has 0 aliphatic heterocycles. The highest BCUT2D eigenvalue weighted by molar-refractivity contribution is 5.82. The van der Waals surface area contributed by atoms with Gasteiger partial charge in [0.1, 0.15) is 5.75 Å². The van der Waals surface area contributed by atoms with Crippen LogP contribution in [0.5, 0.6) is 5.75 Å². The van der Waals surface area contributed by atoms with Gasteiger partial charge in [-0.2, -0.15) is 0 Å². The Morgan fingerprint density at radius 1 is 1.31 bits per heavy atom. The number of nitrogens with zero attached hydrogens (tertiary/aromatic N) is 1. The third kappa shape index (κ3) is 1.91. The molecule has 0 bridgehead atoms. The summed E-state index contributed by atoms with van der Waals surface area (Å²) >= 11 is 0.